The number of carbonyl (C=O) groups is 2. The highest BCUT2D eigenvalue weighted by Crippen LogP contribution is 2.17. The molecule has 1 saturated heterocycles. The molecule has 1 heterocycles. The molecule has 102 valence electrons. The maximum Gasteiger partial charge on any atom is 0.327 e. The number of ether oxygens (including phenoxy) is 1. The number of urea groups is 1. The van der Waals surface area contributed by atoms with E-state index in [4.69, 9.17) is 10.5 Å². The molecule has 6 heteroatoms. The fourth-order valence-electron chi connectivity index (χ4n) is 1.95. The monoisotopic (exact) mass is 263 g/mol. The van der Waals surface area contributed by atoms with E-state index in [-0.39, 0.29) is 31.6 Å². The molecule has 0 aliphatic carbocycles. The maximum atomic E-state index is 11.6. The van der Waals surface area contributed by atoms with Crippen LogP contribution < -0.4 is 10.5 Å². The van der Waals surface area contributed by atoms with Gasteiger partial charge in [-0.2, -0.15) is 0 Å². The lowest BCUT2D eigenvalue weighted by Crippen LogP contribution is -2.35. The van der Waals surface area contributed by atoms with Gasteiger partial charge in [-0.25, -0.2) is 4.79 Å². The highest BCUT2D eigenvalue weighted by atomic mass is 16.5. The van der Waals surface area contributed by atoms with Crippen LogP contribution >= 0.6 is 0 Å². The lowest BCUT2D eigenvalue weighted by molar-refractivity contribution is -0.125. The number of hydrogen-bond donors (Lipinski definition) is 1. The number of para-hydroxylation sites is 1. The first kappa shape index (κ1) is 13.4. The summed E-state index contributed by atoms with van der Waals surface area (Å²) in [6, 6.07) is 7.17. The molecule has 6 nitrogen and oxygen atoms in total. The summed E-state index contributed by atoms with van der Waals surface area (Å²) in [7, 11) is 1.60. The molecule has 1 fully saturated rings. The van der Waals surface area contributed by atoms with Gasteiger partial charge >= 0.3 is 6.03 Å². The number of carbonyl (C=O) groups excluding carboxylic acids is 2. The Balaban J connectivity index is 1.90. The van der Waals surface area contributed by atoms with Gasteiger partial charge in [-0.1, -0.05) is 18.2 Å². The first-order valence-electron chi connectivity index (χ1n) is 6.09. The van der Waals surface area contributed by atoms with Crippen LogP contribution in [0.25, 0.3) is 0 Å². The van der Waals surface area contributed by atoms with Crippen LogP contribution in [0.4, 0.5) is 4.79 Å². The van der Waals surface area contributed by atoms with Crippen LogP contribution in [0, 0.1) is 0 Å². The normalized spacial score (nSPS) is 15.3. The Labute approximate surface area is 111 Å². The van der Waals surface area contributed by atoms with Crippen molar-refractivity contribution in [3.8, 4) is 5.75 Å². The van der Waals surface area contributed by atoms with Crippen LogP contribution in [-0.4, -0.2) is 48.5 Å². The van der Waals surface area contributed by atoms with Crippen LogP contribution in [0.1, 0.15) is 5.56 Å². The standard InChI is InChI=1S/C13H17N3O3/c1-15-9-12(17)16(13(15)18)6-7-19-11-5-3-2-4-10(11)8-14/h2-5H,6-9,14H2,1H3. The van der Waals surface area contributed by atoms with E-state index in [0.29, 0.717) is 12.3 Å². The molecule has 0 aromatic heterocycles. The smallest absolute Gasteiger partial charge is 0.327 e. The topological polar surface area (TPSA) is 75.9 Å². The van der Waals surface area contributed by atoms with E-state index in [9.17, 15) is 9.59 Å². The molecule has 2 N–H and O–H groups in total. The number of amides is 3. The zero-order valence-corrected chi connectivity index (χ0v) is 10.8. The molecular weight excluding hydrogens is 246 g/mol. The second kappa shape index (κ2) is 5.71. The molecule has 3 amide bonds. The molecule has 0 atom stereocenters. The Morgan fingerprint density at radius 2 is 2.05 bits per heavy atom. The van der Waals surface area contributed by atoms with Crippen molar-refractivity contribution in [1.29, 1.82) is 0 Å². The molecule has 1 aliphatic heterocycles. The van der Waals surface area contributed by atoms with Gasteiger partial charge in [0.05, 0.1) is 6.54 Å². The summed E-state index contributed by atoms with van der Waals surface area (Å²) in [4.78, 5) is 25.8. The number of likely N-dealkylation sites (N-methyl/N-ethyl adjacent to an activating group) is 1. The van der Waals surface area contributed by atoms with Crippen LogP contribution in [0.2, 0.25) is 0 Å². The number of nitrogens with two attached hydrogens (primary N) is 1. The molecule has 1 aromatic carbocycles. The summed E-state index contributed by atoms with van der Waals surface area (Å²) < 4.78 is 5.58. The molecule has 0 saturated carbocycles. The van der Waals surface area contributed by atoms with E-state index in [1.54, 1.807) is 7.05 Å². The Morgan fingerprint density at radius 3 is 2.68 bits per heavy atom. The van der Waals surface area contributed by atoms with Crippen molar-refractivity contribution in [2.75, 3.05) is 26.7 Å². The van der Waals surface area contributed by atoms with E-state index in [0.717, 1.165) is 5.56 Å². The average Bonchev–Trinajstić information content (AvgIpc) is 2.65. The lowest BCUT2D eigenvalue weighted by atomic mass is 10.2. The number of rotatable bonds is 5. The molecule has 1 aromatic rings. The van der Waals surface area contributed by atoms with Gasteiger partial charge in [0.15, 0.2) is 0 Å². The maximum absolute atomic E-state index is 11.6. The fraction of sp³-hybridized carbons (Fsp3) is 0.385. The summed E-state index contributed by atoms with van der Waals surface area (Å²) in [6.07, 6.45) is 0. The van der Waals surface area contributed by atoms with Crippen molar-refractivity contribution in [2.24, 2.45) is 5.73 Å². The van der Waals surface area contributed by atoms with Crippen LogP contribution in [0.3, 0.4) is 0 Å². The summed E-state index contributed by atoms with van der Waals surface area (Å²) in [5.41, 5.74) is 6.50. The molecule has 0 unspecified atom stereocenters. The van der Waals surface area contributed by atoms with Gasteiger partial charge in [0.25, 0.3) is 0 Å². The summed E-state index contributed by atoms with van der Waals surface area (Å²) >= 11 is 0. The van der Waals surface area contributed by atoms with Gasteiger partial charge in [-0.05, 0) is 6.07 Å². The first-order chi connectivity index (χ1) is 9.13. The molecule has 0 radical (unpaired) electrons. The third-order valence-corrected chi connectivity index (χ3v) is 3.00. The number of imide groups is 1. The van der Waals surface area contributed by atoms with E-state index < -0.39 is 0 Å². The third-order valence-electron chi connectivity index (χ3n) is 3.00. The molecule has 2 rings (SSSR count). The largest absolute Gasteiger partial charge is 0.491 e. The average molecular weight is 263 g/mol. The zero-order valence-electron chi connectivity index (χ0n) is 10.8. The quantitative estimate of drug-likeness (QED) is 0.781. The SMILES string of the molecule is CN1CC(=O)N(CCOc2ccccc2CN)C1=O. The molecular formula is C13H17N3O3. The minimum atomic E-state index is -0.277. The lowest BCUT2D eigenvalue weighted by Gasteiger charge is -2.15. The van der Waals surface area contributed by atoms with Crippen molar-refractivity contribution in [2.45, 2.75) is 6.54 Å². The fourth-order valence-corrected chi connectivity index (χ4v) is 1.95. The Bertz CT molecular complexity index is 490. The molecule has 1 aliphatic rings. The minimum Gasteiger partial charge on any atom is -0.491 e. The van der Waals surface area contributed by atoms with Gasteiger partial charge in [0.1, 0.15) is 18.9 Å². The van der Waals surface area contributed by atoms with E-state index in [1.165, 1.54) is 9.80 Å². The van der Waals surface area contributed by atoms with Gasteiger partial charge in [-0.15, -0.1) is 0 Å². The summed E-state index contributed by atoms with van der Waals surface area (Å²) in [5, 5.41) is 0. The molecule has 19 heavy (non-hydrogen) atoms. The zero-order chi connectivity index (χ0) is 13.8. The Hall–Kier alpha value is -2.08. The highest BCUT2D eigenvalue weighted by Gasteiger charge is 2.33. The second-order valence-electron chi connectivity index (χ2n) is 4.34. The Kier molecular flexibility index (Phi) is 4.01. The number of hydrogen-bond acceptors (Lipinski definition) is 4. The van der Waals surface area contributed by atoms with E-state index in [1.807, 2.05) is 24.3 Å². The van der Waals surface area contributed by atoms with E-state index in [2.05, 4.69) is 0 Å². The first-order valence-corrected chi connectivity index (χ1v) is 6.09. The minimum absolute atomic E-state index is 0.137. The van der Waals surface area contributed by atoms with Gasteiger partial charge in [0, 0.05) is 19.2 Å². The van der Waals surface area contributed by atoms with Crippen LogP contribution in [0.15, 0.2) is 24.3 Å². The highest BCUT2D eigenvalue weighted by molar-refractivity contribution is 6.01. The second-order valence-corrected chi connectivity index (χ2v) is 4.34. The van der Waals surface area contributed by atoms with Crippen LogP contribution in [0.5, 0.6) is 5.75 Å². The van der Waals surface area contributed by atoms with Crippen molar-refractivity contribution in [3.63, 3.8) is 0 Å². The van der Waals surface area contributed by atoms with Gasteiger partial charge in [0.2, 0.25) is 5.91 Å². The van der Waals surface area contributed by atoms with Crippen molar-refractivity contribution < 1.29 is 14.3 Å². The van der Waals surface area contributed by atoms with E-state index >= 15 is 0 Å². The number of nitrogens with zero attached hydrogens (tertiary/aromatic N) is 2. The summed E-state index contributed by atoms with van der Waals surface area (Å²) in [6.45, 7) is 1.04. The molecule has 0 spiro atoms. The van der Waals surface area contributed by atoms with Gasteiger partial charge < -0.3 is 15.4 Å². The number of benzene rings is 1. The van der Waals surface area contributed by atoms with Crippen molar-refractivity contribution in [1.82, 2.24) is 9.80 Å². The van der Waals surface area contributed by atoms with Crippen molar-refractivity contribution in [3.05, 3.63) is 29.8 Å². The summed E-state index contributed by atoms with van der Waals surface area (Å²) in [5.74, 6) is 0.501. The predicted octanol–water partition coefficient (Wildman–Crippen LogP) is 0.418. The Morgan fingerprint density at radius 1 is 1.32 bits per heavy atom. The predicted molar refractivity (Wildman–Crippen MR) is 69.6 cm³/mol. The van der Waals surface area contributed by atoms with Crippen LogP contribution in [-0.2, 0) is 11.3 Å². The van der Waals surface area contributed by atoms with Crippen molar-refractivity contribution >= 4 is 11.9 Å². The third kappa shape index (κ3) is 2.85. The van der Waals surface area contributed by atoms with Gasteiger partial charge in [-0.3, -0.25) is 9.69 Å². The molecule has 0 bridgehead atoms.